The number of nitrogens with one attached hydrogen (secondary N) is 3. The third kappa shape index (κ3) is 2.86. The van der Waals surface area contributed by atoms with Gasteiger partial charge in [0.25, 0.3) is 5.56 Å². The Morgan fingerprint density at radius 2 is 2.14 bits per heavy atom. The van der Waals surface area contributed by atoms with Gasteiger partial charge in [-0.25, -0.2) is 15.0 Å². The van der Waals surface area contributed by atoms with Crippen molar-refractivity contribution in [3.05, 3.63) is 47.1 Å². The summed E-state index contributed by atoms with van der Waals surface area (Å²) in [6, 6.07) is 7.16. The van der Waals surface area contributed by atoms with Crippen LogP contribution in [0.1, 0.15) is 0 Å². The molecule has 8 nitrogen and oxygen atoms in total. The van der Waals surface area contributed by atoms with Gasteiger partial charge in [-0.05, 0) is 12.1 Å². The number of hydrogen-bond donors (Lipinski definition) is 4. The van der Waals surface area contributed by atoms with Crippen molar-refractivity contribution in [2.24, 2.45) is 5.73 Å². The van der Waals surface area contributed by atoms with Crippen molar-refractivity contribution in [3.8, 4) is 0 Å². The normalized spacial score (nSPS) is 10.6. The maximum Gasteiger partial charge on any atom is 0.262 e. The molecule has 0 saturated carbocycles. The van der Waals surface area contributed by atoms with E-state index in [1.165, 1.54) is 6.33 Å². The highest BCUT2D eigenvalue weighted by Gasteiger charge is 2.11. The molecule has 0 aliphatic carbocycles. The summed E-state index contributed by atoms with van der Waals surface area (Å²) in [6.45, 7) is 1.05. The van der Waals surface area contributed by atoms with E-state index in [-0.39, 0.29) is 5.56 Å². The van der Waals surface area contributed by atoms with Gasteiger partial charge < -0.3 is 21.4 Å². The average Bonchev–Trinajstić information content (AvgIpc) is 2.54. The number of hydrogen-bond acceptors (Lipinski definition) is 7. The zero-order valence-corrected chi connectivity index (χ0v) is 11.7. The molecule has 0 aliphatic heterocycles. The van der Waals surface area contributed by atoms with E-state index >= 15 is 0 Å². The molecule has 0 radical (unpaired) electrons. The number of nitrogens with zero attached hydrogens (tertiary/aromatic N) is 3. The van der Waals surface area contributed by atoms with E-state index < -0.39 is 0 Å². The predicted molar refractivity (Wildman–Crippen MR) is 85.2 cm³/mol. The van der Waals surface area contributed by atoms with Crippen molar-refractivity contribution in [3.63, 3.8) is 0 Å². The minimum Gasteiger partial charge on any atom is -0.369 e. The molecule has 0 atom stereocenters. The van der Waals surface area contributed by atoms with Gasteiger partial charge in [0.05, 0.1) is 11.8 Å². The minimum absolute atomic E-state index is 0.263. The highest BCUT2D eigenvalue weighted by Crippen LogP contribution is 2.22. The standard InChI is InChI=1S/C14H15N7O/c15-4-6-17-11-7-9-12(14(22)19-8-18-9)13(21-11)20-10-3-1-2-5-16-10/h1-3,5,7-8H,4,6,15H2,(H,18,19,22)(H2,16,17,20,21). The highest BCUT2D eigenvalue weighted by molar-refractivity contribution is 5.91. The Hall–Kier alpha value is -3.00. The molecule has 0 unspecified atom stereocenters. The van der Waals surface area contributed by atoms with Crippen LogP contribution in [-0.2, 0) is 0 Å². The Bertz CT molecular complexity index is 831. The van der Waals surface area contributed by atoms with Crippen LogP contribution in [-0.4, -0.2) is 33.0 Å². The number of fused-ring (bicyclic) bond motifs is 1. The van der Waals surface area contributed by atoms with Crippen molar-refractivity contribution in [1.82, 2.24) is 19.9 Å². The summed E-state index contributed by atoms with van der Waals surface area (Å²) in [5.74, 6) is 1.58. The fourth-order valence-corrected chi connectivity index (χ4v) is 2.03. The maximum atomic E-state index is 12.1. The molecule has 3 rings (SSSR count). The molecule has 0 spiro atoms. The lowest BCUT2D eigenvalue weighted by atomic mass is 10.2. The molecule has 5 N–H and O–H groups in total. The molecule has 0 bridgehead atoms. The Balaban J connectivity index is 2.10. The molecule has 3 aromatic rings. The first-order valence-corrected chi connectivity index (χ1v) is 6.78. The van der Waals surface area contributed by atoms with E-state index in [2.05, 4.69) is 30.6 Å². The van der Waals surface area contributed by atoms with Crippen molar-refractivity contribution in [2.45, 2.75) is 0 Å². The van der Waals surface area contributed by atoms with Gasteiger partial charge in [-0.3, -0.25) is 4.79 Å². The van der Waals surface area contributed by atoms with Gasteiger partial charge in [0.1, 0.15) is 22.8 Å². The van der Waals surface area contributed by atoms with Crippen LogP contribution in [0, 0.1) is 0 Å². The quantitative estimate of drug-likeness (QED) is 0.550. The lowest BCUT2D eigenvalue weighted by Crippen LogP contribution is -2.16. The van der Waals surface area contributed by atoms with E-state index in [0.717, 1.165) is 0 Å². The van der Waals surface area contributed by atoms with Gasteiger partial charge in [0.15, 0.2) is 0 Å². The van der Waals surface area contributed by atoms with Gasteiger partial charge in [-0.1, -0.05) is 6.07 Å². The molecule has 0 saturated heterocycles. The average molecular weight is 297 g/mol. The van der Waals surface area contributed by atoms with Crippen LogP contribution >= 0.6 is 0 Å². The van der Waals surface area contributed by atoms with Gasteiger partial charge in [0, 0.05) is 25.4 Å². The van der Waals surface area contributed by atoms with Crippen LogP contribution in [0.25, 0.3) is 10.9 Å². The summed E-state index contributed by atoms with van der Waals surface area (Å²) < 4.78 is 0. The first kappa shape index (κ1) is 14.0. The largest absolute Gasteiger partial charge is 0.369 e. The predicted octanol–water partition coefficient (Wildman–Crippen LogP) is 0.827. The fourth-order valence-electron chi connectivity index (χ4n) is 2.03. The van der Waals surface area contributed by atoms with Crippen LogP contribution in [0.4, 0.5) is 17.5 Å². The minimum atomic E-state index is -0.263. The van der Waals surface area contributed by atoms with E-state index in [9.17, 15) is 4.79 Å². The van der Waals surface area contributed by atoms with Gasteiger partial charge >= 0.3 is 0 Å². The smallest absolute Gasteiger partial charge is 0.262 e. The third-order valence-electron chi connectivity index (χ3n) is 2.99. The number of rotatable bonds is 5. The first-order valence-electron chi connectivity index (χ1n) is 6.78. The fraction of sp³-hybridized carbons (Fsp3) is 0.143. The Morgan fingerprint density at radius 3 is 2.91 bits per heavy atom. The molecule has 112 valence electrons. The second-order valence-electron chi connectivity index (χ2n) is 4.54. The number of aromatic nitrogens is 4. The van der Waals surface area contributed by atoms with Gasteiger partial charge in [0.2, 0.25) is 0 Å². The molecule has 3 aromatic heterocycles. The summed E-state index contributed by atoms with van der Waals surface area (Å²) in [5.41, 5.74) is 5.76. The van der Waals surface area contributed by atoms with Crippen molar-refractivity contribution in [2.75, 3.05) is 23.7 Å². The first-order chi connectivity index (χ1) is 10.8. The molecule has 8 heteroatoms. The Morgan fingerprint density at radius 1 is 1.23 bits per heavy atom. The third-order valence-corrected chi connectivity index (χ3v) is 2.99. The molecule has 0 amide bonds. The molecule has 0 fully saturated rings. The van der Waals surface area contributed by atoms with Crippen molar-refractivity contribution < 1.29 is 0 Å². The van der Waals surface area contributed by atoms with Crippen LogP contribution < -0.4 is 21.9 Å². The SMILES string of the molecule is NCCNc1cc2nc[nH]c(=O)c2c(Nc2ccccn2)n1. The van der Waals surface area contributed by atoms with Gasteiger partial charge in [-0.2, -0.15) is 0 Å². The van der Waals surface area contributed by atoms with E-state index in [1.54, 1.807) is 18.3 Å². The molecular formula is C14H15N7O. The Labute approximate surface area is 125 Å². The van der Waals surface area contributed by atoms with Crippen LogP contribution in [0.3, 0.4) is 0 Å². The monoisotopic (exact) mass is 297 g/mol. The summed E-state index contributed by atoms with van der Waals surface area (Å²) in [6.07, 6.45) is 3.02. The number of H-pyrrole nitrogens is 1. The maximum absolute atomic E-state index is 12.1. The van der Waals surface area contributed by atoms with E-state index in [0.29, 0.717) is 41.4 Å². The van der Waals surface area contributed by atoms with Crippen LogP contribution in [0.2, 0.25) is 0 Å². The number of anilines is 3. The summed E-state index contributed by atoms with van der Waals surface area (Å²) in [4.78, 5) is 27.4. The van der Waals surface area contributed by atoms with E-state index in [4.69, 9.17) is 5.73 Å². The second kappa shape index (κ2) is 6.19. The van der Waals surface area contributed by atoms with E-state index in [1.807, 2.05) is 12.1 Å². The van der Waals surface area contributed by atoms with Crippen LogP contribution in [0.5, 0.6) is 0 Å². The highest BCUT2D eigenvalue weighted by atomic mass is 16.1. The summed E-state index contributed by atoms with van der Waals surface area (Å²) >= 11 is 0. The molecule has 0 aromatic carbocycles. The second-order valence-corrected chi connectivity index (χ2v) is 4.54. The molecule has 0 aliphatic rings. The zero-order chi connectivity index (χ0) is 15.4. The molecule has 3 heterocycles. The molecule has 22 heavy (non-hydrogen) atoms. The van der Waals surface area contributed by atoms with Crippen molar-refractivity contribution >= 4 is 28.4 Å². The van der Waals surface area contributed by atoms with Crippen molar-refractivity contribution in [1.29, 1.82) is 0 Å². The lowest BCUT2D eigenvalue weighted by Gasteiger charge is -2.10. The lowest BCUT2D eigenvalue weighted by molar-refractivity contribution is 1.01. The molecular weight excluding hydrogens is 282 g/mol. The summed E-state index contributed by atoms with van der Waals surface area (Å²) in [7, 11) is 0. The zero-order valence-electron chi connectivity index (χ0n) is 11.7. The van der Waals surface area contributed by atoms with Gasteiger partial charge in [-0.15, -0.1) is 0 Å². The topological polar surface area (TPSA) is 122 Å². The number of aromatic amines is 1. The summed E-state index contributed by atoms with van der Waals surface area (Å²) in [5, 5.41) is 6.52. The number of nitrogens with two attached hydrogens (primary N) is 1. The Kier molecular flexibility index (Phi) is 3.92. The van der Waals surface area contributed by atoms with Crippen LogP contribution in [0.15, 0.2) is 41.6 Å². The number of pyridine rings is 2.